The number of nitrogens with one attached hydrogen (secondary N) is 1. The summed E-state index contributed by atoms with van der Waals surface area (Å²) in [6, 6.07) is 3.33. The standard InChI is InChI=1S/C27H28ClFN8O2/c1-5-20(38)35-8-10-36(11-9-35)24-16-6-7-30-25(22(16)32-26(33-24)37-14-27(3,4)15(37)2)39-23-17-13-31-34-19(17)12-18(29)21(23)28/h5-7,12-13,15H,1,8-11,14H2,2-4H3,(H,31,34)/t15-/m0/s1. The molecule has 0 saturated carbocycles. The number of ether oxygens (including phenoxy) is 1. The molecule has 0 aliphatic carbocycles. The normalized spacial score (nSPS) is 18.9. The van der Waals surface area contributed by atoms with E-state index in [1.54, 1.807) is 11.1 Å². The fourth-order valence-corrected chi connectivity index (χ4v) is 5.37. The second-order valence-electron chi connectivity index (χ2n) is 10.6. The van der Waals surface area contributed by atoms with Crippen molar-refractivity contribution < 1.29 is 13.9 Å². The van der Waals surface area contributed by atoms with Crippen LogP contribution in [-0.2, 0) is 4.79 Å². The quantitative estimate of drug-likeness (QED) is 0.361. The van der Waals surface area contributed by atoms with Gasteiger partial charge in [0.2, 0.25) is 17.7 Å². The summed E-state index contributed by atoms with van der Waals surface area (Å²) < 4.78 is 20.8. The number of aromatic nitrogens is 5. The van der Waals surface area contributed by atoms with Crippen molar-refractivity contribution in [3.05, 3.63) is 48.0 Å². The molecule has 10 nitrogen and oxygen atoms in total. The van der Waals surface area contributed by atoms with Gasteiger partial charge in [-0.1, -0.05) is 32.0 Å². The lowest BCUT2D eigenvalue weighted by Gasteiger charge is -2.53. The predicted molar refractivity (Wildman–Crippen MR) is 148 cm³/mol. The van der Waals surface area contributed by atoms with Gasteiger partial charge in [0.15, 0.2) is 5.75 Å². The number of piperazine rings is 1. The van der Waals surface area contributed by atoms with Crippen LogP contribution in [0.4, 0.5) is 16.2 Å². The second-order valence-corrected chi connectivity index (χ2v) is 11.0. The van der Waals surface area contributed by atoms with Crippen molar-refractivity contribution in [1.82, 2.24) is 30.0 Å². The highest BCUT2D eigenvalue weighted by molar-refractivity contribution is 6.33. The largest absolute Gasteiger partial charge is 0.434 e. The number of halogens is 2. The molecular weight excluding hydrogens is 523 g/mol. The first-order valence-electron chi connectivity index (χ1n) is 12.8. The lowest BCUT2D eigenvalue weighted by atomic mass is 9.76. The van der Waals surface area contributed by atoms with E-state index in [9.17, 15) is 9.18 Å². The molecule has 39 heavy (non-hydrogen) atoms. The van der Waals surface area contributed by atoms with Crippen molar-refractivity contribution in [3.63, 3.8) is 0 Å². The van der Waals surface area contributed by atoms with Crippen LogP contribution < -0.4 is 14.5 Å². The van der Waals surface area contributed by atoms with E-state index in [1.807, 2.05) is 6.07 Å². The van der Waals surface area contributed by atoms with Crippen molar-refractivity contribution in [2.75, 3.05) is 42.5 Å². The summed E-state index contributed by atoms with van der Waals surface area (Å²) in [5, 5.41) is 7.84. The van der Waals surface area contributed by atoms with Gasteiger partial charge >= 0.3 is 0 Å². The van der Waals surface area contributed by atoms with Gasteiger partial charge in [-0.3, -0.25) is 9.89 Å². The molecule has 1 aromatic carbocycles. The smallest absolute Gasteiger partial charge is 0.246 e. The van der Waals surface area contributed by atoms with Crippen LogP contribution in [0, 0.1) is 11.2 Å². The number of aromatic amines is 1. The van der Waals surface area contributed by atoms with Crippen LogP contribution in [0.3, 0.4) is 0 Å². The molecule has 0 unspecified atom stereocenters. The topological polar surface area (TPSA) is 103 Å². The van der Waals surface area contributed by atoms with Crippen molar-refractivity contribution in [3.8, 4) is 11.6 Å². The molecule has 0 spiro atoms. The summed E-state index contributed by atoms with van der Waals surface area (Å²) in [5.74, 6) is 0.854. The molecule has 0 radical (unpaired) electrons. The SMILES string of the molecule is C=CC(=O)N1CCN(c2nc(N3CC(C)(C)[C@@H]3C)nc3c(Oc4c(Cl)c(F)cc5[nH]ncc45)nccc23)CC1. The van der Waals surface area contributed by atoms with E-state index in [1.165, 1.54) is 18.3 Å². The zero-order chi connectivity index (χ0) is 27.5. The maximum absolute atomic E-state index is 14.6. The van der Waals surface area contributed by atoms with Crippen molar-refractivity contribution in [2.45, 2.75) is 26.8 Å². The van der Waals surface area contributed by atoms with Crippen molar-refractivity contribution >= 4 is 51.1 Å². The Bertz CT molecular complexity index is 1610. The van der Waals surface area contributed by atoms with Crippen LogP contribution >= 0.6 is 11.6 Å². The summed E-state index contributed by atoms with van der Waals surface area (Å²) in [6.45, 7) is 13.3. The Balaban J connectivity index is 1.46. The van der Waals surface area contributed by atoms with E-state index in [0.29, 0.717) is 48.5 Å². The molecule has 1 atom stereocenters. The monoisotopic (exact) mass is 550 g/mol. The summed E-state index contributed by atoms with van der Waals surface area (Å²) in [6.07, 6.45) is 4.47. The highest BCUT2D eigenvalue weighted by atomic mass is 35.5. The summed E-state index contributed by atoms with van der Waals surface area (Å²) in [7, 11) is 0. The molecule has 1 amide bonds. The number of carbonyl (C=O) groups excluding carboxylic acids is 1. The lowest BCUT2D eigenvalue weighted by Crippen LogP contribution is -2.61. The number of hydrogen-bond donors (Lipinski definition) is 1. The molecule has 4 aromatic rings. The molecule has 2 fully saturated rings. The van der Waals surface area contributed by atoms with Crippen LogP contribution in [0.2, 0.25) is 5.02 Å². The van der Waals surface area contributed by atoms with Gasteiger partial charge in [-0.2, -0.15) is 10.1 Å². The van der Waals surface area contributed by atoms with Crippen molar-refractivity contribution in [2.24, 2.45) is 5.41 Å². The number of hydrogen-bond acceptors (Lipinski definition) is 8. The van der Waals surface area contributed by atoms with Crippen molar-refractivity contribution in [1.29, 1.82) is 0 Å². The zero-order valence-corrected chi connectivity index (χ0v) is 22.7. The van der Waals surface area contributed by atoms with Crippen LogP contribution in [0.1, 0.15) is 20.8 Å². The third kappa shape index (κ3) is 4.21. The number of amides is 1. The maximum atomic E-state index is 14.6. The third-order valence-corrected chi connectivity index (χ3v) is 8.19. The van der Waals surface area contributed by atoms with Gasteiger partial charge in [0.05, 0.1) is 22.5 Å². The first-order valence-corrected chi connectivity index (χ1v) is 13.1. The molecule has 3 aromatic heterocycles. The molecular formula is C27H28ClFN8O2. The van der Waals surface area contributed by atoms with E-state index in [0.717, 1.165) is 17.7 Å². The molecule has 6 rings (SSSR count). The average Bonchev–Trinajstić information content (AvgIpc) is 3.41. The predicted octanol–water partition coefficient (Wildman–Crippen LogP) is 4.56. The lowest BCUT2D eigenvalue weighted by molar-refractivity contribution is -0.126. The van der Waals surface area contributed by atoms with E-state index in [-0.39, 0.29) is 34.0 Å². The fraction of sp³-hybridized carbons (Fsp3) is 0.370. The van der Waals surface area contributed by atoms with E-state index < -0.39 is 5.82 Å². The van der Waals surface area contributed by atoms with Gasteiger partial charge in [0, 0.05) is 56.4 Å². The Morgan fingerprint density at radius 3 is 2.72 bits per heavy atom. The molecule has 2 saturated heterocycles. The van der Waals surface area contributed by atoms with Gasteiger partial charge < -0.3 is 19.4 Å². The number of pyridine rings is 1. The first kappa shape index (κ1) is 25.3. The van der Waals surface area contributed by atoms with Gasteiger partial charge in [-0.25, -0.2) is 14.4 Å². The van der Waals surface area contributed by atoms with Gasteiger partial charge in [-0.15, -0.1) is 0 Å². The number of H-pyrrole nitrogens is 1. The summed E-state index contributed by atoms with van der Waals surface area (Å²) >= 11 is 6.34. The van der Waals surface area contributed by atoms with Gasteiger partial charge in [0.1, 0.15) is 22.2 Å². The number of fused-ring (bicyclic) bond motifs is 2. The minimum absolute atomic E-state index is 0.0862. The second kappa shape index (κ2) is 9.33. The number of rotatable bonds is 5. The zero-order valence-electron chi connectivity index (χ0n) is 21.9. The molecule has 12 heteroatoms. The Hall–Kier alpha value is -3.99. The van der Waals surface area contributed by atoms with E-state index >= 15 is 0 Å². The van der Waals surface area contributed by atoms with Crippen LogP contribution in [0.25, 0.3) is 21.8 Å². The molecule has 2 aliphatic heterocycles. The number of carbonyl (C=O) groups is 1. The Morgan fingerprint density at radius 2 is 2.03 bits per heavy atom. The minimum Gasteiger partial charge on any atom is -0.434 e. The molecule has 2 aliphatic rings. The van der Waals surface area contributed by atoms with Crippen LogP contribution in [0.5, 0.6) is 11.6 Å². The molecule has 202 valence electrons. The molecule has 0 bridgehead atoms. The third-order valence-electron chi connectivity index (χ3n) is 7.84. The maximum Gasteiger partial charge on any atom is 0.246 e. The highest BCUT2D eigenvalue weighted by Crippen LogP contribution is 2.43. The molecule has 1 N–H and O–H groups in total. The molecule has 5 heterocycles. The van der Waals surface area contributed by atoms with Gasteiger partial charge in [0.25, 0.3) is 0 Å². The number of benzene rings is 1. The van der Waals surface area contributed by atoms with E-state index in [2.05, 4.69) is 52.3 Å². The Kier molecular flexibility index (Phi) is 6.05. The Labute approximate surface area is 229 Å². The number of anilines is 2. The van der Waals surface area contributed by atoms with Gasteiger partial charge in [-0.05, 0) is 19.1 Å². The average molecular weight is 551 g/mol. The minimum atomic E-state index is -0.636. The van der Waals surface area contributed by atoms with Crippen LogP contribution in [-0.4, -0.2) is 74.7 Å². The first-order chi connectivity index (χ1) is 18.7. The highest BCUT2D eigenvalue weighted by Gasteiger charge is 2.44. The number of nitrogens with zero attached hydrogens (tertiary/aromatic N) is 7. The summed E-state index contributed by atoms with van der Waals surface area (Å²) in [5.41, 5.74) is 1.05. The van der Waals surface area contributed by atoms with Crippen LogP contribution in [0.15, 0.2) is 37.2 Å². The van der Waals surface area contributed by atoms with E-state index in [4.69, 9.17) is 26.3 Å². The summed E-state index contributed by atoms with van der Waals surface area (Å²) in [4.78, 5) is 32.6. The Morgan fingerprint density at radius 1 is 1.26 bits per heavy atom. The fourth-order valence-electron chi connectivity index (χ4n) is 5.18.